The summed E-state index contributed by atoms with van der Waals surface area (Å²) < 4.78 is 9.93. The van der Waals surface area contributed by atoms with Crippen LogP contribution in [0.2, 0.25) is 0 Å². The third kappa shape index (κ3) is 2.77. The van der Waals surface area contributed by atoms with Crippen molar-refractivity contribution < 1.29 is 23.5 Å². The van der Waals surface area contributed by atoms with Gasteiger partial charge in [0.2, 0.25) is 0 Å². The van der Waals surface area contributed by atoms with Gasteiger partial charge in [0.25, 0.3) is 5.91 Å². The number of imide groups is 1. The van der Waals surface area contributed by atoms with Gasteiger partial charge in [-0.1, -0.05) is 29.8 Å². The molecule has 1 N–H and O–H groups in total. The quantitative estimate of drug-likeness (QED) is 0.680. The second-order valence-electron chi connectivity index (χ2n) is 6.06. The lowest BCUT2D eigenvalue weighted by molar-refractivity contribution is -0.131. The number of benzene rings is 1. The number of ether oxygens (including phenoxy) is 1. The molecule has 0 spiro atoms. The molecule has 0 radical (unpaired) electrons. The van der Waals surface area contributed by atoms with E-state index in [1.165, 1.54) is 19.4 Å². The van der Waals surface area contributed by atoms with Gasteiger partial charge in [-0.05, 0) is 25.5 Å². The average molecular weight is 342 g/mol. The molecular weight excluding hydrogens is 324 g/mol. The fourth-order valence-corrected chi connectivity index (χ4v) is 2.82. The van der Waals surface area contributed by atoms with Crippen molar-refractivity contribution in [2.24, 2.45) is 0 Å². The second-order valence-corrected chi connectivity index (χ2v) is 6.06. The number of carbonyl (C=O) groups is 3. The number of amides is 3. The topological polar surface area (TPSA) is 88.8 Å². The number of carbonyl (C=O) groups excluding carboxylic acids is 3. The second kappa shape index (κ2) is 6.08. The summed E-state index contributed by atoms with van der Waals surface area (Å²) in [6, 6.07) is 8.28. The predicted molar refractivity (Wildman–Crippen MR) is 87.7 cm³/mol. The predicted octanol–water partition coefficient (Wildman–Crippen LogP) is 2.34. The highest BCUT2D eigenvalue weighted by Gasteiger charge is 2.49. The summed E-state index contributed by atoms with van der Waals surface area (Å²) >= 11 is 0. The SMILES string of the molecule is COC(=O)c1ccoc1CN1C(=O)NC(C)(c2ccc(C)cc2)C1=O. The Morgan fingerprint density at radius 3 is 2.56 bits per heavy atom. The van der Waals surface area contributed by atoms with E-state index < -0.39 is 23.4 Å². The molecule has 1 saturated heterocycles. The van der Waals surface area contributed by atoms with Crippen molar-refractivity contribution in [3.05, 3.63) is 59.0 Å². The van der Waals surface area contributed by atoms with E-state index in [1.807, 2.05) is 31.2 Å². The zero-order valence-electron chi connectivity index (χ0n) is 14.2. The van der Waals surface area contributed by atoms with Crippen LogP contribution in [-0.4, -0.2) is 29.9 Å². The number of hydrogen-bond acceptors (Lipinski definition) is 5. The molecule has 1 unspecified atom stereocenters. The van der Waals surface area contributed by atoms with E-state index in [2.05, 4.69) is 10.1 Å². The Kier molecular flexibility index (Phi) is 4.08. The molecule has 7 nitrogen and oxygen atoms in total. The molecule has 2 heterocycles. The van der Waals surface area contributed by atoms with Crippen molar-refractivity contribution in [1.29, 1.82) is 0 Å². The number of esters is 1. The van der Waals surface area contributed by atoms with Gasteiger partial charge in [-0.25, -0.2) is 9.59 Å². The van der Waals surface area contributed by atoms with Crippen LogP contribution in [0.25, 0.3) is 0 Å². The Morgan fingerprint density at radius 1 is 1.24 bits per heavy atom. The summed E-state index contributed by atoms with van der Waals surface area (Å²) in [6.07, 6.45) is 1.32. The number of hydrogen-bond donors (Lipinski definition) is 1. The fourth-order valence-electron chi connectivity index (χ4n) is 2.82. The summed E-state index contributed by atoms with van der Waals surface area (Å²) in [5, 5.41) is 2.72. The highest BCUT2D eigenvalue weighted by molar-refractivity contribution is 6.07. The highest BCUT2D eigenvalue weighted by Crippen LogP contribution is 2.30. The summed E-state index contributed by atoms with van der Waals surface area (Å²) in [6.45, 7) is 3.45. The van der Waals surface area contributed by atoms with Gasteiger partial charge in [0, 0.05) is 0 Å². The lowest BCUT2D eigenvalue weighted by Crippen LogP contribution is -2.40. The normalized spacial score (nSPS) is 19.9. The number of rotatable bonds is 4. The van der Waals surface area contributed by atoms with Gasteiger partial charge in [0.1, 0.15) is 16.9 Å². The molecular formula is C18H18N2O5. The van der Waals surface area contributed by atoms with Crippen molar-refractivity contribution in [3.63, 3.8) is 0 Å². The number of nitrogens with zero attached hydrogens (tertiary/aromatic N) is 1. The van der Waals surface area contributed by atoms with Crippen molar-refractivity contribution >= 4 is 17.9 Å². The van der Waals surface area contributed by atoms with Gasteiger partial charge in [0.05, 0.1) is 19.9 Å². The van der Waals surface area contributed by atoms with E-state index in [1.54, 1.807) is 6.92 Å². The number of urea groups is 1. The molecule has 1 aliphatic rings. The first kappa shape index (κ1) is 16.8. The van der Waals surface area contributed by atoms with Gasteiger partial charge in [-0.15, -0.1) is 0 Å². The maximum Gasteiger partial charge on any atom is 0.341 e. The first-order valence-corrected chi connectivity index (χ1v) is 7.72. The average Bonchev–Trinajstić information content (AvgIpc) is 3.14. The molecule has 3 amide bonds. The zero-order valence-corrected chi connectivity index (χ0v) is 14.2. The van der Waals surface area contributed by atoms with E-state index in [0.717, 1.165) is 10.5 Å². The molecule has 130 valence electrons. The Labute approximate surface area is 144 Å². The van der Waals surface area contributed by atoms with Crippen LogP contribution < -0.4 is 5.32 Å². The highest BCUT2D eigenvalue weighted by atomic mass is 16.5. The van der Waals surface area contributed by atoms with Crippen LogP contribution in [0, 0.1) is 6.92 Å². The lowest BCUT2D eigenvalue weighted by Gasteiger charge is -2.22. The molecule has 1 aliphatic heterocycles. The molecule has 1 atom stereocenters. The van der Waals surface area contributed by atoms with Gasteiger partial charge in [0.15, 0.2) is 0 Å². The Bertz CT molecular complexity index is 839. The standard InChI is InChI=1S/C18H18N2O5/c1-11-4-6-12(7-5-11)18(2)16(22)20(17(23)19-18)10-14-13(8-9-25-14)15(21)24-3/h4-9H,10H2,1-3H3,(H,19,23). The minimum Gasteiger partial charge on any atom is -0.467 e. The van der Waals surface area contributed by atoms with Crippen LogP contribution in [0.3, 0.4) is 0 Å². The van der Waals surface area contributed by atoms with Crippen molar-refractivity contribution in [2.75, 3.05) is 7.11 Å². The Hall–Kier alpha value is -3.09. The van der Waals surface area contributed by atoms with Crippen molar-refractivity contribution in [3.8, 4) is 0 Å². The molecule has 3 rings (SSSR count). The minimum absolute atomic E-state index is 0.149. The van der Waals surface area contributed by atoms with E-state index in [0.29, 0.717) is 5.56 Å². The van der Waals surface area contributed by atoms with Crippen LogP contribution >= 0.6 is 0 Å². The first-order chi connectivity index (χ1) is 11.9. The number of methoxy groups -OCH3 is 1. The lowest BCUT2D eigenvalue weighted by atomic mass is 9.91. The monoisotopic (exact) mass is 342 g/mol. The molecule has 1 fully saturated rings. The van der Waals surface area contributed by atoms with Crippen LogP contribution in [0.5, 0.6) is 0 Å². The molecule has 0 aliphatic carbocycles. The van der Waals surface area contributed by atoms with Crippen molar-refractivity contribution in [1.82, 2.24) is 10.2 Å². The van der Waals surface area contributed by atoms with E-state index >= 15 is 0 Å². The minimum atomic E-state index is -1.16. The summed E-state index contributed by atoms with van der Waals surface area (Å²) in [4.78, 5) is 38.0. The molecule has 0 saturated carbocycles. The Morgan fingerprint density at radius 2 is 1.92 bits per heavy atom. The van der Waals surface area contributed by atoms with Crippen LogP contribution in [0.15, 0.2) is 41.0 Å². The molecule has 1 aromatic heterocycles. The summed E-state index contributed by atoms with van der Waals surface area (Å²) in [5.41, 5.74) is 0.765. The van der Waals surface area contributed by atoms with Gasteiger partial charge in [-0.3, -0.25) is 9.69 Å². The first-order valence-electron chi connectivity index (χ1n) is 7.72. The van der Waals surface area contributed by atoms with E-state index in [9.17, 15) is 14.4 Å². The largest absolute Gasteiger partial charge is 0.467 e. The van der Waals surface area contributed by atoms with Gasteiger partial charge < -0.3 is 14.5 Å². The number of aryl methyl sites for hydroxylation is 1. The molecule has 25 heavy (non-hydrogen) atoms. The smallest absolute Gasteiger partial charge is 0.341 e. The summed E-state index contributed by atoms with van der Waals surface area (Å²) in [7, 11) is 1.25. The van der Waals surface area contributed by atoms with E-state index in [-0.39, 0.29) is 17.9 Å². The molecule has 0 bridgehead atoms. The van der Waals surface area contributed by atoms with Crippen LogP contribution in [0.1, 0.15) is 34.2 Å². The van der Waals surface area contributed by atoms with Crippen LogP contribution in [0.4, 0.5) is 4.79 Å². The summed E-state index contributed by atoms with van der Waals surface area (Å²) in [5.74, 6) is -0.797. The number of furan rings is 1. The van der Waals surface area contributed by atoms with Gasteiger partial charge >= 0.3 is 12.0 Å². The van der Waals surface area contributed by atoms with Gasteiger partial charge in [-0.2, -0.15) is 0 Å². The van der Waals surface area contributed by atoms with E-state index in [4.69, 9.17) is 4.42 Å². The molecule has 2 aromatic rings. The van der Waals surface area contributed by atoms with Crippen LogP contribution in [-0.2, 0) is 21.6 Å². The Balaban J connectivity index is 1.88. The fraction of sp³-hybridized carbons (Fsp3) is 0.278. The third-order valence-electron chi connectivity index (χ3n) is 4.36. The zero-order chi connectivity index (χ0) is 18.2. The maximum absolute atomic E-state index is 12.9. The molecule has 7 heteroatoms. The maximum atomic E-state index is 12.9. The van der Waals surface area contributed by atoms with Crippen molar-refractivity contribution in [2.45, 2.75) is 25.9 Å². The molecule has 1 aromatic carbocycles. The third-order valence-corrected chi connectivity index (χ3v) is 4.36. The number of nitrogens with one attached hydrogen (secondary N) is 1.